The second-order valence-corrected chi connectivity index (χ2v) is 9.21. The Morgan fingerprint density at radius 1 is 0.900 bits per heavy atom. The minimum absolute atomic E-state index is 0.0525. The van der Waals surface area contributed by atoms with Crippen molar-refractivity contribution in [1.82, 2.24) is 4.90 Å². The van der Waals surface area contributed by atoms with Crippen LogP contribution in [0, 0.1) is 17.3 Å². The summed E-state index contributed by atoms with van der Waals surface area (Å²) in [6.07, 6.45) is 11.8. The highest BCUT2D eigenvalue weighted by atomic mass is 15.1. The number of hydrogen-bond acceptors (Lipinski definition) is 2. The Morgan fingerprint density at radius 3 is 2.37 bits per heavy atom. The second-order valence-electron chi connectivity index (χ2n) is 9.21. The van der Waals surface area contributed by atoms with Crippen LogP contribution in [0.5, 0.6) is 0 Å². The highest BCUT2D eigenvalue weighted by molar-refractivity contribution is 5.85. The Hall–Kier alpha value is -2.08. The van der Waals surface area contributed by atoms with E-state index in [0.29, 0.717) is 0 Å². The van der Waals surface area contributed by atoms with Crippen molar-refractivity contribution in [2.45, 2.75) is 65.8 Å². The van der Waals surface area contributed by atoms with E-state index in [9.17, 15) is 0 Å². The summed E-state index contributed by atoms with van der Waals surface area (Å²) in [5, 5.41) is 2.68. The van der Waals surface area contributed by atoms with Gasteiger partial charge < -0.3 is 5.73 Å². The predicted octanol–water partition coefficient (Wildman–Crippen LogP) is 6.55. The average molecular weight is 405 g/mol. The van der Waals surface area contributed by atoms with Crippen molar-refractivity contribution in [2.24, 2.45) is 11.1 Å². The molecule has 0 heterocycles. The molecule has 2 N–H and O–H groups in total. The van der Waals surface area contributed by atoms with Gasteiger partial charge in [0.25, 0.3) is 0 Å². The van der Waals surface area contributed by atoms with Crippen molar-refractivity contribution < 1.29 is 0 Å². The maximum absolute atomic E-state index is 5.59. The predicted molar refractivity (Wildman–Crippen MR) is 132 cm³/mol. The molecule has 0 aromatic heterocycles. The molecule has 0 bridgehead atoms. The number of nitrogens with zero attached hydrogens (tertiary/aromatic N) is 1. The van der Waals surface area contributed by atoms with E-state index in [1.54, 1.807) is 0 Å². The van der Waals surface area contributed by atoms with Crippen LogP contribution >= 0.6 is 0 Å². The van der Waals surface area contributed by atoms with E-state index in [2.05, 4.69) is 86.1 Å². The SMILES string of the molecule is CC(C)(C)C#C/C=C/CN(CCCCCCCCN)Cc1cccc2ccccc12. The van der Waals surface area contributed by atoms with Crippen molar-refractivity contribution in [3.63, 3.8) is 0 Å². The number of allylic oxidation sites excluding steroid dienone is 1. The third kappa shape index (κ3) is 9.61. The first kappa shape index (κ1) is 24.2. The molecule has 30 heavy (non-hydrogen) atoms. The van der Waals surface area contributed by atoms with E-state index in [4.69, 9.17) is 5.73 Å². The molecule has 0 spiro atoms. The van der Waals surface area contributed by atoms with Crippen LogP contribution in [0.1, 0.15) is 64.9 Å². The van der Waals surface area contributed by atoms with Gasteiger partial charge in [-0.2, -0.15) is 0 Å². The van der Waals surface area contributed by atoms with Gasteiger partial charge in [-0.1, -0.05) is 86.1 Å². The largest absolute Gasteiger partial charge is 0.330 e. The Kier molecular flexibility index (Phi) is 10.7. The number of nitrogens with two attached hydrogens (primary N) is 1. The number of rotatable bonds is 12. The fraction of sp³-hybridized carbons (Fsp3) is 0.500. The summed E-state index contributed by atoms with van der Waals surface area (Å²) in [6.45, 7) is 10.3. The molecule has 162 valence electrons. The maximum atomic E-state index is 5.59. The van der Waals surface area contributed by atoms with Crippen LogP contribution in [0.4, 0.5) is 0 Å². The van der Waals surface area contributed by atoms with Crippen LogP contribution < -0.4 is 5.73 Å². The van der Waals surface area contributed by atoms with E-state index in [1.807, 2.05) is 6.08 Å². The summed E-state index contributed by atoms with van der Waals surface area (Å²) in [5.41, 5.74) is 7.05. The zero-order valence-corrected chi connectivity index (χ0v) is 19.3. The van der Waals surface area contributed by atoms with Crippen molar-refractivity contribution in [3.05, 3.63) is 60.2 Å². The topological polar surface area (TPSA) is 29.3 Å². The van der Waals surface area contributed by atoms with Gasteiger partial charge in [0.05, 0.1) is 0 Å². The molecule has 0 saturated heterocycles. The Morgan fingerprint density at radius 2 is 1.60 bits per heavy atom. The van der Waals surface area contributed by atoms with Gasteiger partial charge in [0.15, 0.2) is 0 Å². The lowest BCUT2D eigenvalue weighted by Crippen LogP contribution is -2.24. The molecule has 0 fully saturated rings. The molecule has 0 aliphatic carbocycles. The number of hydrogen-bond donors (Lipinski definition) is 1. The van der Waals surface area contributed by atoms with E-state index in [1.165, 1.54) is 48.4 Å². The first-order valence-corrected chi connectivity index (χ1v) is 11.6. The molecule has 2 aromatic carbocycles. The van der Waals surface area contributed by atoms with E-state index in [-0.39, 0.29) is 5.41 Å². The van der Waals surface area contributed by atoms with Crippen molar-refractivity contribution in [2.75, 3.05) is 19.6 Å². The molecular formula is C28H40N2. The van der Waals surface area contributed by atoms with Crippen LogP contribution in [0.15, 0.2) is 54.6 Å². The minimum atomic E-state index is 0.0525. The zero-order valence-electron chi connectivity index (χ0n) is 19.3. The minimum Gasteiger partial charge on any atom is -0.330 e. The molecule has 0 aliphatic heterocycles. The molecule has 2 heteroatoms. The lowest BCUT2D eigenvalue weighted by atomic mass is 9.98. The van der Waals surface area contributed by atoms with Gasteiger partial charge in [-0.05, 0) is 69.1 Å². The highest BCUT2D eigenvalue weighted by Crippen LogP contribution is 2.20. The van der Waals surface area contributed by atoms with Gasteiger partial charge in [-0.25, -0.2) is 0 Å². The van der Waals surface area contributed by atoms with Gasteiger partial charge in [0.1, 0.15) is 0 Å². The van der Waals surface area contributed by atoms with Gasteiger partial charge in [-0.3, -0.25) is 4.90 Å². The fourth-order valence-corrected chi connectivity index (χ4v) is 3.61. The standard InChI is InChI=1S/C28H40N2/c1-28(2,3)20-11-8-14-23-30(22-13-7-5-4-6-12-21-29)24-26-18-15-17-25-16-9-10-19-27(25)26/h8-10,14-19H,4-7,12-13,21-24,29H2,1-3H3/b14-8+. The Balaban J connectivity index is 1.97. The molecule has 0 radical (unpaired) electrons. The van der Waals surface area contributed by atoms with Crippen molar-refractivity contribution in [1.29, 1.82) is 0 Å². The van der Waals surface area contributed by atoms with E-state index < -0.39 is 0 Å². The smallest absolute Gasteiger partial charge is 0.0243 e. The molecule has 0 aliphatic rings. The summed E-state index contributed by atoms with van der Waals surface area (Å²) < 4.78 is 0. The van der Waals surface area contributed by atoms with E-state index >= 15 is 0 Å². The van der Waals surface area contributed by atoms with Gasteiger partial charge in [0.2, 0.25) is 0 Å². The number of fused-ring (bicyclic) bond motifs is 1. The summed E-state index contributed by atoms with van der Waals surface area (Å²) in [6, 6.07) is 15.3. The van der Waals surface area contributed by atoms with Gasteiger partial charge >= 0.3 is 0 Å². The number of unbranched alkanes of at least 4 members (excludes halogenated alkanes) is 5. The Labute approximate surface area is 184 Å². The normalized spacial score (nSPS) is 11.9. The summed E-state index contributed by atoms with van der Waals surface area (Å²) in [5.74, 6) is 6.48. The van der Waals surface area contributed by atoms with Crippen molar-refractivity contribution in [3.8, 4) is 11.8 Å². The van der Waals surface area contributed by atoms with Crippen LogP contribution in [0.2, 0.25) is 0 Å². The first-order valence-electron chi connectivity index (χ1n) is 11.6. The molecule has 2 aromatic rings. The molecule has 0 unspecified atom stereocenters. The molecule has 0 saturated carbocycles. The zero-order chi connectivity index (χ0) is 21.7. The van der Waals surface area contributed by atoms with Crippen molar-refractivity contribution >= 4 is 10.8 Å². The highest BCUT2D eigenvalue weighted by Gasteiger charge is 2.07. The number of benzene rings is 2. The Bertz CT molecular complexity index is 828. The van der Waals surface area contributed by atoms with Crippen LogP contribution in [0.25, 0.3) is 10.8 Å². The third-order valence-electron chi connectivity index (χ3n) is 5.21. The fourth-order valence-electron chi connectivity index (χ4n) is 3.61. The molecule has 2 nitrogen and oxygen atoms in total. The summed E-state index contributed by atoms with van der Waals surface area (Å²) in [7, 11) is 0. The molecular weight excluding hydrogens is 364 g/mol. The van der Waals surface area contributed by atoms with Crippen LogP contribution in [-0.4, -0.2) is 24.5 Å². The van der Waals surface area contributed by atoms with Gasteiger partial charge in [-0.15, -0.1) is 0 Å². The first-order chi connectivity index (χ1) is 14.5. The lowest BCUT2D eigenvalue weighted by Gasteiger charge is -2.22. The lowest BCUT2D eigenvalue weighted by molar-refractivity contribution is 0.287. The maximum Gasteiger partial charge on any atom is 0.0243 e. The van der Waals surface area contributed by atoms with Crippen LogP contribution in [0.3, 0.4) is 0 Å². The molecule has 2 rings (SSSR count). The monoisotopic (exact) mass is 404 g/mol. The molecule has 0 atom stereocenters. The quantitative estimate of drug-likeness (QED) is 0.321. The molecule has 0 amide bonds. The third-order valence-corrected chi connectivity index (χ3v) is 5.21. The van der Waals surface area contributed by atoms with E-state index in [0.717, 1.165) is 32.6 Å². The summed E-state index contributed by atoms with van der Waals surface area (Å²) >= 11 is 0. The average Bonchev–Trinajstić information content (AvgIpc) is 2.72. The second kappa shape index (κ2) is 13.3. The van der Waals surface area contributed by atoms with Gasteiger partial charge in [0, 0.05) is 18.5 Å². The van der Waals surface area contributed by atoms with Crippen LogP contribution in [-0.2, 0) is 6.54 Å². The summed E-state index contributed by atoms with van der Waals surface area (Å²) in [4.78, 5) is 2.55.